The number of nitriles is 1. The highest BCUT2D eigenvalue weighted by molar-refractivity contribution is 5.09. The van der Waals surface area contributed by atoms with Crippen molar-refractivity contribution in [1.29, 1.82) is 5.26 Å². The average molecular weight is 222 g/mol. The van der Waals surface area contributed by atoms with Gasteiger partial charge in [0.05, 0.1) is 6.07 Å². The molecule has 1 fully saturated rings. The van der Waals surface area contributed by atoms with Gasteiger partial charge >= 0.3 is 0 Å². The van der Waals surface area contributed by atoms with Crippen molar-refractivity contribution < 1.29 is 0 Å². The van der Waals surface area contributed by atoms with Gasteiger partial charge in [0.2, 0.25) is 0 Å². The number of nitrogens with one attached hydrogen (secondary N) is 1. The van der Waals surface area contributed by atoms with Gasteiger partial charge in [0, 0.05) is 6.04 Å². The van der Waals surface area contributed by atoms with E-state index in [0.717, 1.165) is 25.7 Å². The molecule has 0 saturated heterocycles. The maximum absolute atomic E-state index is 9.47. The molecule has 1 aliphatic rings. The summed E-state index contributed by atoms with van der Waals surface area (Å²) < 4.78 is 0. The van der Waals surface area contributed by atoms with Gasteiger partial charge in [0.15, 0.2) is 0 Å². The molecule has 0 radical (unpaired) electrons. The topological polar surface area (TPSA) is 35.8 Å². The minimum Gasteiger partial charge on any atom is -0.297 e. The van der Waals surface area contributed by atoms with E-state index in [1.165, 1.54) is 12.8 Å². The fourth-order valence-corrected chi connectivity index (χ4v) is 2.53. The molecule has 2 heteroatoms. The number of hydrogen-bond donors (Lipinski definition) is 1. The van der Waals surface area contributed by atoms with Crippen LogP contribution in [0.4, 0.5) is 0 Å². The summed E-state index contributed by atoms with van der Waals surface area (Å²) in [4.78, 5) is 0. The Balaban J connectivity index is 2.70. The van der Waals surface area contributed by atoms with E-state index in [4.69, 9.17) is 0 Å². The van der Waals surface area contributed by atoms with Crippen LogP contribution >= 0.6 is 0 Å². The summed E-state index contributed by atoms with van der Waals surface area (Å²) in [6.45, 7) is 8.99. The molecule has 1 N–H and O–H groups in total. The van der Waals surface area contributed by atoms with E-state index in [1.807, 2.05) is 0 Å². The van der Waals surface area contributed by atoms with E-state index in [1.54, 1.807) is 0 Å². The zero-order valence-electron chi connectivity index (χ0n) is 11.3. The molecule has 0 spiro atoms. The molecule has 2 nitrogen and oxygen atoms in total. The molecule has 0 aromatic carbocycles. The molecule has 16 heavy (non-hydrogen) atoms. The standard InChI is InChI=1S/C14H26N2/c1-5-12(2)16-14(11-15)8-6-7-13(3,4)9-10-14/h12,16H,5-10H2,1-4H3. The molecular formula is C14H26N2. The van der Waals surface area contributed by atoms with Crippen LogP contribution < -0.4 is 5.32 Å². The fraction of sp³-hybridized carbons (Fsp3) is 0.929. The Morgan fingerprint density at radius 1 is 1.25 bits per heavy atom. The average Bonchev–Trinajstić information content (AvgIpc) is 2.39. The van der Waals surface area contributed by atoms with Gasteiger partial charge in [0.25, 0.3) is 0 Å². The number of hydrogen-bond acceptors (Lipinski definition) is 2. The van der Waals surface area contributed by atoms with Crippen LogP contribution in [0.5, 0.6) is 0 Å². The van der Waals surface area contributed by atoms with Gasteiger partial charge in [-0.2, -0.15) is 5.26 Å². The lowest BCUT2D eigenvalue weighted by molar-refractivity contribution is 0.286. The molecule has 0 bridgehead atoms. The van der Waals surface area contributed by atoms with Gasteiger partial charge in [-0.1, -0.05) is 27.2 Å². The van der Waals surface area contributed by atoms with E-state index in [-0.39, 0.29) is 5.54 Å². The lowest BCUT2D eigenvalue weighted by atomic mass is 9.83. The molecular weight excluding hydrogens is 196 g/mol. The lowest BCUT2D eigenvalue weighted by Gasteiger charge is -2.30. The van der Waals surface area contributed by atoms with E-state index in [2.05, 4.69) is 39.1 Å². The highest BCUT2D eigenvalue weighted by atomic mass is 15.0. The first-order valence-electron chi connectivity index (χ1n) is 6.62. The van der Waals surface area contributed by atoms with Crippen LogP contribution in [-0.4, -0.2) is 11.6 Å². The zero-order chi connectivity index (χ0) is 12.2. The molecule has 1 rings (SSSR count). The Morgan fingerprint density at radius 2 is 1.94 bits per heavy atom. The first-order valence-corrected chi connectivity index (χ1v) is 6.62. The largest absolute Gasteiger partial charge is 0.297 e. The molecule has 2 atom stereocenters. The summed E-state index contributed by atoms with van der Waals surface area (Å²) in [5.41, 5.74) is 0.152. The van der Waals surface area contributed by atoms with Gasteiger partial charge in [-0.25, -0.2) is 0 Å². The number of nitrogens with zero attached hydrogens (tertiary/aromatic N) is 1. The summed E-state index contributed by atoms with van der Waals surface area (Å²) in [5.74, 6) is 0. The van der Waals surface area contributed by atoms with Crippen LogP contribution in [0.2, 0.25) is 0 Å². The smallest absolute Gasteiger partial charge is 0.106 e. The fourth-order valence-electron chi connectivity index (χ4n) is 2.53. The van der Waals surface area contributed by atoms with E-state index < -0.39 is 0 Å². The van der Waals surface area contributed by atoms with Crippen molar-refractivity contribution in [1.82, 2.24) is 5.32 Å². The maximum atomic E-state index is 9.47. The second-order valence-electron chi connectivity index (χ2n) is 6.17. The van der Waals surface area contributed by atoms with E-state index in [9.17, 15) is 5.26 Å². The first-order chi connectivity index (χ1) is 7.43. The summed E-state index contributed by atoms with van der Waals surface area (Å²) >= 11 is 0. The summed E-state index contributed by atoms with van der Waals surface area (Å²) in [6, 6.07) is 2.99. The van der Waals surface area contributed by atoms with Gasteiger partial charge in [0.1, 0.15) is 5.54 Å². The molecule has 1 aliphatic carbocycles. The van der Waals surface area contributed by atoms with Crippen molar-refractivity contribution >= 4 is 0 Å². The molecule has 2 unspecified atom stereocenters. The second kappa shape index (κ2) is 5.19. The molecule has 0 amide bonds. The quantitative estimate of drug-likeness (QED) is 0.740. The predicted molar refractivity (Wildman–Crippen MR) is 68.1 cm³/mol. The molecule has 0 aromatic heterocycles. The maximum Gasteiger partial charge on any atom is 0.106 e. The van der Waals surface area contributed by atoms with E-state index >= 15 is 0 Å². The Morgan fingerprint density at radius 3 is 2.50 bits per heavy atom. The predicted octanol–water partition coefficient (Wildman–Crippen LogP) is 3.63. The van der Waals surface area contributed by atoms with Crippen molar-refractivity contribution in [3.8, 4) is 6.07 Å². The third kappa shape index (κ3) is 3.49. The molecule has 1 saturated carbocycles. The van der Waals surface area contributed by atoms with E-state index in [0.29, 0.717) is 11.5 Å². The summed E-state index contributed by atoms with van der Waals surface area (Å²) in [7, 11) is 0. The second-order valence-corrected chi connectivity index (χ2v) is 6.17. The van der Waals surface area contributed by atoms with Crippen molar-refractivity contribution in [2.24, 2.45) is 5.41 Å². The van der Waals surface area contributed by atoms with Crippen LogP contribution in [0.1, 0.15) is 66.2 Å². The third-order valence-corrected chi connectivity index (χ3v) is 4.03. The van der Waals surface area contributed by atoms with Crippen molar-refractivity contribution in [2.45, 2.75) is 77.8 Å². The van der Waals surface area contributed by atoms with Gasteiger partial charge in [-0.15, -0.1) is 0 Å². The monoisotopic (exact) mass is 222 g/mol. The minimum atomic E-state index is -0.261. The van der Waals surface area contributed by atoms with Gasteiger partial charge in [-0.3, -0.25) is 5.32 Å². The van der Waals surface area contributed by atoms with Crippen LogP contribution in [0.3, 0.4) is 0 Å². The molecule has 0 heterocycles. The van der Waals surface area contributed by atoms with Crippen LogP contribution in [0.15, 0.2) is 0 Å². The van der Waals surface area contributed by atoms with Gasteiger partial charge in [-0.05, 0) is 44.4 Å². The van der Waals surface area contributed by atoms with Crippen molar-refractivity contribution in [2.75, 3.05) is 0 Å². The Labute approximate surface area is 100 Å². The van der Waals surface area contributed by atoms with Crippen LogP contribution in [-0.2, 0) is 0 Å². The number of rotatable bonds is 3. The molecule has 92 valence electrons. The van der Waals surface area contributed by atoms with Crippen LogP contribution in [0.25, 0.3) is 0 Å². The lowest BCUT2D eigenvalue weighted by Crippen LogP contribution is -2.48. The normalized spacial score (nSPS) is 31.4. The Kier molecular flexibility index (Phi) is 4.38. The zero-order valence-corrected chi connectivity index (χ0v) is 11.3. The first kappa shape index (κ1) is 13.5. The highest BCUT2D eigenvalue weighted by Crippen LogP contribution is 2.38. The third-order valence-electron chi connectivity index (χ3n) is 4.03. The van der Waals surface area contributed by atoms with Crippen molar-refractivity contribution in [3.05, 3.63) is 0 Å². The SMILES string of the molecule is CCC(C)NC1(C#N)CCCC(C)(C)CC1. The molecule has 0 aromatic rings. The van der Waals surface area contributed by atoms with Crippen molar-refractivity contribution in [3.63, 3.8) is 0 Å². The molecule has 0 aliphatic heterocycles. The van der Waals surface area contributed by atoms with Gasteiger partial charge < -0.3 is 0 Å². The Hall–Kier alpha value is -0.550. The summed E-state index contributed by atoms with van der Waals surface area (Å²) in [6.07, 6.45) is 6.68. The highest BCUT2D eigenvalue weighted by Gasteiger charge is 2.36. The minimum absolute atomic E-state index is 0.261. The summed E-state index contributed by atoms with van der Waals surface area (Å²) in [5, 5.41) is 13.0. The van der Waals surface area contributed by atoms with Crippen LogP contribution in [0, 0.1) is 16.7 Å². The Bertz CT molecular complexity index is 264.